The SMILES string of the molecule is CC(CNC(=O)COc1ccc2c(c1)CCC(=O)N2)N1CCOCC1. The summed E-state index contributed by atoms with van der Waals surface area (Å²) in [4.78, 5) is 25.7. The Labute approximate surface area is 147 Å². The molecule has 1 saturated heterocycles. The highest BCUT2D eigenvalue weighted by Crippen LogP contribution is 2.26. The first-order chi connectivity index (χ1) is 12.1. The van der Waals surface area contributed by atoms with E-state index in [0.29, 0.717) is 25.1 Å². The molecule has 136 valence electrons. The number of ether oxygens (including phenoxy) is 2. The summed E-state index contributed by atoms with van der Waals surface area (Å²) in [7, 11) is 0. The molecule has 1 unspecified atom stereocenters. The highest BCUT2D eigenvalue weighted by atomic mass is 16.5. The lowest BCUT2D eigenvalue weighted by atomic mass is 10.0. The van der Waals surface area contributed by atoms with Crippen molar-refractivity contribution in [2.24, 2.45) is 0 Å². The van der Waals surface area contributed by atoms with Crippen LogP contribution in [-0.2, 0) is 20.7 Å². The topological polar surface area (TPSA) is 79.9 Å². The van der Waals surface area contributed by atoms with Crippen molar-refractivity contribution in [2.45, 2.75) is 25.8 Å². The zero-order valence-electron chi connectivity index (χ0n) is 14.5. The molecular weight excluding hydrogens is 322 g/mol. The Bertz CT molecular complexity index is 629. The van der Waals surface area contributed by atoms with Crippen LogP contribution in [-0.4, -0.2) is 62.2 Å². The summed E-state index contributed by atoms with van der Waals surface area (Å²) in [6.07, 6.45) is 1.18. The van der Waals surface area contributed by atoms with E-state index < -0.39 is 0 Å². The summed E-state index contributed by atoms with van der Waals surface area (Å²) in [6, 6.07) is 5.76. The molecule has 2 aliphatic rings. The van der Waals surface area contributed by atoms with E-state index in [1.54, 1.807) is 6.07 Å². The van der Waals surface area contributed by atoms with Crippen LogP contribution >= 0.6 is 0 Å². The molecule has 25 heavy (non-hydrogen) atoms. The molecule has 2 amide bonds. The van der Waals surface area contributed by atoms with Crippen molar-refractivity contribution >= 4 is 17.5 Å². The van der Waals surface area contributed by atoms with E-state index in [-0.39, 0.29) is 24.5 Å². The first kappa shape index (κ1) is 17.7. The van der Waals surface area contributed by atoms with Gasteiger partial charge in [0.25, 0.3) is 5.91 Å². The van der Waals surface area contributed by atoms with Gasteiger partial charge in [0, 0.05) is 37.8 Å². The molecule has 1 atom stereocenters. The van der Waals surface area contributed by atoms with E-state index in [9.17, 15) is 9.59 Å². The molecule has 0 aromatic heterocycles. The average Bonchev–Trinajstić information content (AvgIpc) is 2.65. The monoisotopic (exact) mass is 347 g/mol. The highest BCUT2D eigenvalue weighted by molar-refractivity contribution is 5.94. The lowest BCUT2D eigenvalue weighted by Gasteiger charge is -2.32. The maximum absolute atomic E-state index is 12.0. The molecule has 0 radical (unpaired) electrons. The fourth-order valence-corrected chi connectivity index (χ4v) is 3.06. The van der Waals surface area contributed by atoms with Gasteiger partial charge in [-0.2, -0.15) is 0 Å². The summed E-state index contributed by atoms with van der Waals surface area (Å²) >= 11 is 0. The van der Waals surface area contributed by atoms with Crippen molar-refractivity contribution in [3.05, 3.63) is 23.8 Å². The minimum absolute atomic E-state index is 0.0129. The number of nitrogens with zero attached hydrogens (tertiary/aromatic N) is 1. The van der Waals surface area contributed by atoms with Crippen LogP contribution in [0.3, 0.4) is 0 Å². The molecule has 0 spiro atoms. The van der Waals surface area contributed by atoms with Gasteiger partial charge in [0.05, 0.1) is 13.2 Å². The number of anilines is 1. The van der Waals surface area contributed by atoms with Gasteiger partial charge in [-0.25, -0.2) is 0 Å². The Kier molecular flexibility index (Phi) is 5.88. The zero-order valence-corrected chi connectivity index (χ0v) is 14.5. The minimum Gasteiger partial charge on any atom is -0.484 e. The number of amides is 2. The third-order valence-electron chi connectivity index (χ3n) is 4.61. The maximum atomic E-state index is 12.0. The molecule has 3 rings (SSSR count). The molecule has 2 N–H and O–H groups in total. The predicted molar refractivity (Wildman–Crippen MR) is 93.8 cm³/mol. The Morgan fingerprint density at radius 1 is 1.36 bits per heavy atom. The van der Waals surface area contributed by atoms with Crippen LogP contribution in [0.4, 0.5) is 5.69 Å². The second-order valence-corrected chi connectivity index (χ2v) is 6.46. The van der Waals surface area contributed by atoms with Gasteiger partial charge in [0.1, 0.15) is 5.75 Å². The van der Waals surface area contributed by atoms with Gasteiger partial charge in [0.15, 0.2) is 6.61 Å². The van der Waals surface area contributed by atoms with Crippen LogP contribution in [0.25, 0.3) is 0 Å². The first-order valence-corrected chi connectivity index (χ1v) is 8.76. The summed E-state index contributed by atoms with van der Waals surface area (Å²) in [5.74, 6) is 0.548. The van der Waals surface area contributed by atoms with E-state index in [1.165, 1.54) is 0 Å². The molecule has 1 aromatic rings. The van der Waals surface area contributed by atoms with Gasteiger partial charge < -0.3 is 20.1 Å². The van der Waals surface area contributed by atoms with Gasteiger partial charge in [-0.1, -0.05) is 0 Å². The smallest absolute Gasteiger partial charge is 0.257 e. The molecule has 7 nitrogen and oxygen atoms in total. The Morgan fingerprint density at radius 3 is 2.96 bits per heavy atom. The molecule has 2 heterocycles. The van der Waals surface area contributed by atoms with Crippen LogP contribution in [0.5, 0.6) is 5.75 Å². The van der Waals surface area contributed by atoms with Gasteiger partial charge >= 0.3 is 0 Å². The lowest BCUT2D eigenvalue weighted by molar-refractivity contribution is -0.123. The molecule has 2 aliphatic heterocycles. The van der Waals surface area contributed by atoms with E-state index in [1.807, 2.05) is 12.1 Å². The largest absolute Gasteiger partial charge is 0.484 e. The summed E-state index contributed by atoms with van der Waals surface area (Å²) in [5.41, 5.74) is 1.87. The molecular formula is C18H25N3O4. The predicted octanol–water partition coefficient (Wildman–Crippen LogP) is 0.787. The number of carbonyl (C=O) groups is 2. The summed E-state index contributed by atoms with van der Waals surface area (Å²) in [5, 5.41) is 5.74. The number of nitrogens with one attached hydrogen (secondary N) is 2. The van der Waals surface area contributed by atoms with Crippen LogP contribution in [0.2, 0.25) is 0 Å². The van der Waals surface area contributed by atoms with E-state index in [4.69, 9.17) is 9.47 Å². The Morgan fingerprint density at radius 2 is 2.16 bits per heavy atom. The van der Waals surface area contributed by atoms with Crippen molar-refractivity contribution in [2.75, 3.05) is 44.8 Å². The molecule has 0 bridgehead atoms. The number of morpholine rings is 1. The molecule has 7 heteroatoms. The standard InChI is InChI=1S/C18H25N3O4/c1-13(21-6-8-24-9-7-21)11-19-18(23)12-25-15-3-4-16-14(10-15)2-5-17(22)20-16/h3-4,10,13H,2,5-9,11-12H2,1H3,(H,19,23)(H,20,22). The number of fused-ring (bicyclic) bond motifs is 1. The minimum atomic E-state index is -0.133. The number of hydrogen-bond donors (Lipinski definition) is 2. The second-order valence-electron chi connectivity index (χ2n) is 6.46. The number of rotatable bonds is 6. The average molecular weight is 347 g/mol. The second kappa shape index (κ2) is 8.31. The van der Waals surface area contributed by atoms with Crippen LogP contribution < -0.4 is 15.4 Å². The molecule has 1 aromatic carbocycles. The summed E-state index contributed by atoms with van der Waals surface area (Å²) < 4.78 is 10.9. The molecule has 1 fully saturated rings. The molecule has 0 aliphatic carbocycles. The number of carbonyl (C=O) groups excluding carboxylic acids is 2. The van der Waals surface area contributed by atoms with Crippen LogP contribution in [0.15, 0.2) is 18.2 Å². The Balaban J connectivity index is 1.42. The zero-order chi connectivity index (χ0) is 17.6. The van der Waals surface area contributed by atoms with Crippen molar-refractivity contribution in [3.63, 3.8) is 0 Å². The number of benzene rings is 1. The Hall–Kier alpha value is -2.12. The fraction of sp³-hybridized carbons (Fsp3) is 0.556. The van der Waals surface area contributed by atoms with Gasteiger partial charge in [0.2, 0.25) is 5.91 Å². The maximum Gasteiger partial charge on any atom is 0.257 e. The number of hydrogen-bond acceptors (Lipinski definition) is 5. The van der Waals surface area contributed by atoms with Gasteiger partial charge in [-0.15, -0.1) is 0 Å². The van der Waals surface area contributed by atoms with Gasteiger partial charge in [-0.3, -0.25) is 14.5 Å². The van der Waals surface area contributed by atoms with E-state index in [0.717, 1.165) is 37.6 Å². The van der Waals surface area contributed by atoms with Gasteiger partial charge in [-0.05, 0) is 37.1 Å². The quantitative estimate of drug-likeness (QED) is 0.795. The third-order valence-corrected chi connectivity index (χ3v) is 4.61. The van der Waals surface area contributed by atoms with Crippen molar-refractivity contribution in [1.29, 1.82) is 0 Å². The fourth-order valence-electron chi connectivity index (χ4n) is 3.06. The first-order valence-electron chi connectivity index (χ1n) is 8.76. The highest BCUT2D eigenvalue weighted by Gasteiger charge is 2.18. The van der Waals surface area contributed by atoms with Crippen molar-refractivity contribution in [1.82, 2.24) is 10.2 Å². The van der Waals surface area contributed by atoms with Crippen molar-refractivity contribution in [3.8, 4) is 5.75 Å². The van der Waals surface area contributed by atoms with E-state index >= 15 is 0 Å². The molecule has 0 saturated carbocycles. The lowest BCUT2D eigenvalue weighted by Crippen LogP contribution is -2.47. The number of aryl methyl sites for hydroxylation is 1. The summed E-state index contributed by atoms with van der Waals surface area (Å²) in [6.45, 7) is 5.99. The van der Waals surface area contributed by atoms with E-state index in [2.05, 4.69) is 22.5 Å². The normalized spacial score (nSPS) is 18.8. The van der Waals surface area contributed by atoms with Crippen LogP contribution in [0.1, 0.15) is 18.9 Å². The van der Waals surface area contributed by atoms with Crippen molar-refractivity contribution < 1.29 is 19.1 Å². The van der Waals surface area contributed by atoms with Crippen LogP contribution in [0, 0.1) is 0 Å². The third kappa shape index (κ3) is 4.93.